The molecule has 1 N–H and O–H groups in total. The van der Waals surface area contributed by atoms with Crippen LogP contribution in [0.5, 0.6) is 0 Å². The van der Waals surface area contributed by atoms with Crippen LogP contribution in [0.4, 0.5) is 5.69 Å². The Kier molecular flexibility index (Phi) is 4.85. The molecule has 0 aliphatic carbocycles. The van der Waals surface area contributed by atoms with Crippen LogP contribution < -0.4 is 5.32 Å². The van der Waals surface area contributed by atoms with Crippen molar-refractivity contribution in [3.05, 3.63) is 38.9 Å². The van der Waals surface area contributed by atoms with E-state index in [-0.39, 0.29) is 16.3 Å². The molecule has 1 aromatic carbocycles. The molecule has 0 fully saturated rings. The summed E-state index contributed by atoms with van der Waals surface area (Å²) in [4.78, 5) is 21.9. The van der Waals surface area contributed by atoms with Crippen molar-refractivity contribution < 1.29 is 14.5 Å². The van der Waals surface area contributed by atoms with Gasteiger partial charge < -0.3 is 10.1 Å². The van der Waals surface area contributed by atoms with Crippen molar-refractivity contribution in [2.75, 3.05) is 13.7 Å². The van der Waals surface area contributed by atoms with E-state index < -0.39 is 16.4 Å². The maximum absolute atomic E-state index is 11.9. The zero-order valence-corrected chi connectivity index (χ0v) is 11.7. The SMILES string of the molecule is COC(C)(C)CNC(=O)c1ccc([N+](=O)[O-])cc1Cl. The number of nitrogens with one attached hydrogen (secondary N) is 1. The van der Waals surface area contributed by atoms with Crippen LogP contribution in [0.1, 0.15) is 24.2 Å². The Bertz CT molecular complexity index is 503. The van der Waals surface area contributed by atoms with Crippen molar-refractivity contribution >= 4 is 23.2 Å². The molecule has 0 radical (unpaired) electrons. The maximum atomic E-state index is 11.9. The number of halogens is 1. The van der Waals surface area contributed by atoms with E-state index in [1.54, 1.807) is 7.11 Å². The zero-order valence-electron chi connectivity index (χ0n) is 10.9. The van der Waals surface area contributed by atoms with Gasteiger partial charge in [-0.25, -0.2) is 0 Å². The topological polar surface area (TPSA) is 81.5 Å². The molecule has 1 rings (SSSR count). The molecule has 0 aliphatic rings. The minimum atomic E-state index is -0.568. The van der Waals surface area contributed by atoms with Crippen LogP contribution in [-0.2, 0) is 4.74 Å². The molecule has 0 aliphatic heterocycles. The smallest absolute Gasteiger partial charge is 0.270 e. The van der Waals surface area contributed by atoms with Crippen molar-refractivity contribution in [1.29, 1.82) is 0 Å². The lowest BCUT2D eigenvalue weighted by Crippen LogP contribution is -2.39. The molecule has 0 saturated carbocycles. The third kappa shape index (κ3) is 4.18. The molecular formula is C12H15ClN2O4. The van der Waals surface area contributed by atoms with E-state index in [0.717, 1.165) is 6.07 Å². The Morgan fingerprint density at radius 3 is 2.63 bits per heavy atom. The van der Waals surface area contributed by atoms with E-state index in [2.05, 4.69) is 5.32 Å². The number of nitro groups is 1. The van der Waals surface area contributed by atoms with E-state index >= 15 is 0 Å². The first-order valence-corrected chi connectivity index (χ1v) is 5.92. The second-order valence-electron chi connectivity index (χ2n) is 4.57. The first-order valence-electron chi connectivity index (χ1n) is 5.54. The summed E-state index contributed by atoms with van der Waals surface area (Å²) in [5.74, 6) is -0.398. The number of carbonyl (C=O) groups is 1. The molecule has 19 heavy (non-hydrogen) atoms. The minimum absolute atomic E-state index is 0.0434. The van der Waals surface area contributed by atoms with Gasteiger partial charge in [-0.05, 0) is 19.9 Å². The molecule has 0 heterocycles. The van der Waals surface area contributed by atoms with Crippen LogP contribution in [0.15, 0.2) is 18.2 Å². The Morgan fingerprint density at radius 2 is 2.16 bits per heavy atom. The van der Waals surface area contributed by atoms with Gasteiger partial charge in [-0.3, -0.25) is 14.9 Å². The van der Waals surface area contributed by atoms with Gasteiger partial charge in [-0.2, -0.15) is 0 Å². The zero-order chi connectivity index (χ0) is 14.6. The van der Waals surface area contributed by atoms with Gasteiger partial charge in [0.15, 0.2) is 0 Å². The number of benzene rings is 1. The summed E-state index contributed by atoms with van der Waals surface area (Å²) in [6.45, 7) is 3.95. The largest absolute Gasteiger partial charge is 0.377 e. The average Bonchev–Trinajstić information content (AvgIpc) is 2.36. The molecular weight excluding hydrogens is 272 g/mol. The molecule has 0 atom stereocenters. The summed E-state index contributed by atoms with van der Waals surface area (Å²) >= 11 is 5.86. The van der Waals surface area contributed by atoms with Crippen molar-refractivity contribution in [2.24, 2.45) is 0 Å². The van der Waals surface area contributed by atoms with Gasteiger partial charge in [0.25, 0.3) is 11.6 Å². The lowest BCUT2D eigenvalue weighted by atomic mass is 10.1. The molecule has 0 aromatic heterocycles. The first kappa shape index (κ1) is 15.4. The van der Waals surface area contributed by atoms with Crippen LogP contribution >= 0.6 is 11.6 Å². The highest BCUT2D eigenvalue weighted by atomic mass is 35.5. The van der Waals surface area contributed by atoms with Gasteiger partial charge in [-0.1, -0.05) is 11.6 Å². The fraction of sp³-hybridized carbons (Fsp3) is 0.417. The summed E-state index contributed by atoms with van der Waals surface area (Å²) in [6.07, 6.45) is 0. The highest BCUT2D eigenvalue weighted by molar-refractivity contribution is 6.34. The quantitative estimate of drug-likeness (QED) is 0.665. The number of non-ortho nitro benzene ring substituents is 1. The minimum Gasteiger partial charge on any atom is -0.377 e. The number of ether oxygens (including phenoxy) is 1. The van der Waals surface area contributed by atoms with Gasteiger partial charge in [0.2, 0.25) is 0 Å². The molecule has 0 bridgehead atoms. The predicted molar refractivity (Wildman–Crippen MR) is 71.5 cm³/mol. The Morgan fingerprint density at radius 1 is 1.53 bits per heavy atom. The van der Waals surface area contributed by atoms with Gasteiger partial charge >= 0.3 is 0 Å². The normalized spacial score (nSPS) is 11.2. The Hall–Kier alpha value is -1.66. The van der Waals surface area contributed by atoms with Gasteiger partial charge in [0.05, 0.1) is 21.1 Å². The fourth-order valence-corrected chi connectivity index (χ4v) is 1.52. The number of nitro benzene ring substituents is 1. The van der Waals surface area contributed by atoms with Crippen molar-refractivity contribution in [3.63, 3.8) is 0 Å². The lowest BCUT2D eigenvalue weighted by Gasteiger charge is -2.23. The van der Waals surface area contributed by atoms with Crippen molar-refractivity contribution in [1.82, 2.24) is 5.32 Å². The van der Waals surface area contributed by atoms with Crippen LogP contribution in [0, 0.1) is 10.1 Å². The monoisotopic (exact) mass is 286 g/mol. The van der Waals surface area contributed by atoms with Crippen LogP contribution in [0.25, 0.3) is 0 Å². The third-order valence-electron chi connectivity index (χ3n) is 2.64. The number of nitrogens with zero attached hydrogens (tertiary/aromatic N) is 1. The highest BCUT2D eigenvalue weighted by Crippen LogP contribution is 2.22. The second-order valence-corrected chi connectivity index (χ2v) is 4.97. The molecule has 7 heteroatoms. The first-order chi connectivity index (χ1) is 8.76. The van der Waals surface area contributed by atoms with E-state index in [4.69, 9.17) is 16.3 Å². The third-order valence-corrected chi connectivity index (χ3v) is 2.95. The van der Waals surface area contributed by atoms with Crippen molar-refractivity contribution in [3.8, 4) is 0 Å². The van der Waals surface area contributed by atoms with Crippen molar-refractivity contribution in [2.45, 2.75) is 19.4 Å². The van der Waals surface area contributed by atoms with Gasteiger partial charge in [0.1, 0.15) is 0 Å². The molecule has 0 spiro atoms. The van der Waals surface area contributed by atoms with E-state index in [1.165, 1.54) is 12.1 Å². The molecule has 1 amide bonds. The summed E-state index contributed by atoms with van der Waals surface area (Å²) in [6, 6.07) is 3.72. The summed E-state index contributed by atoms with van der Waals surface area (Å²) in [7, 11) is 1.55. The number of hydrogen-bond donors (Lipinski definition) is 1. The number of methoxy groups -OCH3 is 1. The summed E-state index contributed by atoms with van der Waals surface area (Å²) in [5.41, 5.74) is -0.457. The van der Waals surface area contributed by atoms with Crippen LogP contribution in [-0.4, -0.2) is 30.1 Å². The Balaban J connectivity index is 2.81. The second kappa shape index (κ2) is 5.99. The number of amides is 1. The standard InChI is InChI=1S/C12H15ClN2O4/c1-12(2,19-3)7-14-11(16)9-5-4-8(15(17)18)6-10(9)13/h4-6H,7H2,1-3H3,(H,14,16). The van der Waals surface area contributed by atoms with Gasteiger partial charge in [0, 0.05) is 25.8 Å². The lowest BCUT2D eigenvalue weighted by molar-refractivity contribution is -0.384. The van der Waals surface area contributed by atoms with Crippen LogP contribution in [0.3, 0.4) is 0 Å². The molecule has 104 valence electrons. The number of carbonyl (C=O) groups excluding carboxylic acids is 1. The van der Waals surface area contributed by atoms with Gasteiger partial charge in [-0.15, -0.1) is 0 Å². The van der Waals surface area contributed by atoms with E-state index in [9.17, 15) is 14.9 Å². The van der Waals surface area contributed by atoms with Crippen LogP contribution in [0.2, 0.25) is 5.02 Å². The number of hydrogen-bond acceptors (Lipinski definition) is 4. The maximum Gasteiger partial charge on any atom is 0.270 e. The molecule has 0 unspecified atom stereocenters. The highest BCUT2D eigenvalue weighted by Gasteiger charge is 2.20. The summed E-state index contributed by atoms with van der Waals surface area (Å²) in [5, 5.41) is 13.3. The fourth-order valence-electron chi connectivity index (χ4n) is 1.26. The molecule has 6 nitrogen and oxygen atoms in total. The van der Waals surface area contributed by atoms with E-state index in [1.807, 2.05) is 13.8 Å². The van der Waals surface area contributed by atoms with E-state index in [0.29, 0.717) is 6.54 Å². The summed E-state index contributed by atoms with van der Waals surface area (Å²) < 4.78 is 5.17. The molecule has 1 aromatic rings. The predicted octanol–water partition coefficient (Wildman–Crippen LogP) is 2.40. The number of rotatable bonds is 5. The average molecular weight is 287 g/mol. The Labute approximate surface area is 115 Å². The molecule has 0 saturated heterocycles.